The van der Waals surface area contributed by atoms with Gasteiger partial charge in [0, 0.05) is 17.8 Å². The van der Waals surface area contributed by atoms with E-state index in [9.17, 15) is 10.1 Å². The second kappa shape index (κ2) is 6.32. The number of thiocarbonyl (C=S) groups is 1. The molecule has 1 rings (SSSR count). The third kappa shape index (κ3) is 3.93. The lowest BCUT2D eigenvalue weighted by Gasteiger charge is -2.11. The van der Waals surface area contributed by atoms with E-state index in [2.05, 4.69) is 10.9 Å². The van der Waals surface area contributed by atoms with E-state index in [1.807, 2.05) is 6.07 Å². The van der Waals surface area contributed by atoms with Crippen molar-refractivity contribution < 1.29 is 4.92 Å². The van der Waals surface area contributed by atoms with E-state index < -0.39 is 4.92 Å². The van der Waals surface area contributed by atoms with Gasteiger partial charge in [0.05, 0.1) is 10.6 Å². The Morgan fingerprint density at radius 1 is 1.47 bits per heavy atom. The molecule has 0 saturated heterocycles. The van der Waals surface area contributed by atoms with Gasteiger partial charge in [0.25, 0.3) is 5.69 Å². The standard InChI is InChI=1S/C11H11N5O2S/c1-7(10(6-12)11(13)19)14-15-8-2-4-9(5-3-8)16(17)18/h2-5,14-15H,1H3,(H2,13,19)/b10-7-. The maximum atomic E-state index is 10.5. The predicted molar refractivity (Wildman–Crippen MR) is 75.0 cm³/mol. The largest absolute Gasteiger partial charge is 0.389 e. The Balaban J connectivity index is 2.75. The van der Waals surface area contributed by atoms with Gasteiger partial charge < -0.3 is 16.6 Å². The number of nitrogens with two attached hydrogens (primary N) is 1. The molecule has 0 heterocycles. The lowest BCUT2D eigenvalue weighted by Crippen LogP contribution is -2.24. The van der Waals surface area contributed by atoms with E-state index in [4.69, 9.17) is 23.2 Å². The van der Waals surface area contributed by atoms with Gasteiger partial charge in [-0.2, -0.15) is 5.26 Å². The summed E-state index contributed by atoms with van der Waals surface area (Å²) in [6, 6.07) is 7.67. The molecule has 0 aliphatic heterocycles. The molecule has 0 fully saturated rings. The zero-order chi connectivity index (χ0) is 14.4. The number of nitrogens with one attached hydrogen (secondary N) is 2. The van der Waals surface area contributed by atoms with Gasteiger partial charge in [-0.1, -0.05) is 12.2 Å². The molecule has 0 bridgehead atoms. The van der Waals surface area contributed by atoms with E-state index in [1.54, 1.807) is 6.92 Å². The van der Waals surface area contributed by atoms with E-state index >= 15 is 0 Å². The highest BCUT2D eigenvalue weighted by atomic mass is 32.1. The second-order valence-electron chi connectivity index (χ2n) is 3.53. The average molecular weight is 277 g/mol. The normalized spacial score (nSPS) is 10.9. The molecule has 0 radical (unpaired) electrons. The van der Waals surface area contributed by atoms with Crippen molar-refractivity contribution in [3.63, 3.8) is 0 Å². The van der Waals surface area contributed by atoms with Gasteiger partial charge in [0.2, 0.25) is 0 Å². The molecule has 0 unspecified atom stereocenters. The smallest absolute Gasteiger partial charge is 0.269 e. The van der Waals surface area contributed by atoms with Crippen molar-refractivity contribution >= 4 is 28.6 Å². The number of hydrogen-bond donors (Lipinski definition) is 3. The Bertz CT molecular complexity index is 574. The third-order valence-corrected chi connectivity index (χ3v) is 2.41. The number of rotatable bonds is 5. The number of non-ortho nitro benzene ring substituents is 1. The summed E-state index contributed by atoms with van der Waals surface area (Å²) in [6.45, 7) is 1.64. The Hall–Kier alpha value is -2.66. The van der Waals surface area contributed by atoms with Crippen LogP contribution >= 0.6 is 12.2 Å². The molecule has 0 amide bonds. The van der Waals surface area contributed by atoms with Crippen molar-refractivity contribution in [3.8, 4) is 6.07 Å². The summed E-state index contributed by atoms with van der Waals surface area (Å²) in [4.78, 5) is 9.99. The summed E-state index contributed by atoms with van der Waals surface area (Å²) < 4.78 is 0. The first-order valence-corrected chi connectivity index (χ1v) is 5.53. The van der Waals surface area contributed by atoms with Crippen molar-refractivity contribution in [1.29, 1.82) is 5.26 Å². The molecule has 0 atom stereocenters. The molecule has 1 aromatic carbocycles. The minimum atomic E-state index is -0.483. The number of nitrogens with zero attached hydrogens (tertiary/aromatic N) is 2. The van der Waals surface area contributed by atoms with Gasteiger partial charge in [0.1, 0.15) is 16.6 Å². The number of allylic oxidation sites excluding steroid dienone is 1. The molecular formula is C11H11N5O2S. The highest BCUT2D eigenvalue weighted by Crippen LogP contribution is 2.14. The Morgan fingerprint density at radius 3 is 2.47 bits per heavy atom. The summed E-state index contributed by atoms with van der Waals surface area (Å²) in [7, 11) is 0. The Morgan fingerprint density at radius 2 is 2.05 bits per heavy atom. The van der Waals surface area contributed by atoms with Crippen LogP contribution in [0.1, 0.15) is 6.92 Å². The number of benzene rings is 1. The molecule has 1 aromatic rings. The molecule has 0 saturated carbocycles. The molecule has 4 N–H and O–H groups in total. The van der Waals surface area contributed by atoms with Gasteiger partial charge in [-0.3, -0.25) is 10.1 Å². The number of anilines is 1. The van der Waals surface area contributed by atoms with Crippen LogP contribution in [0, 0.1) is 21.4 Å². The van der Waals surface area contributed by atoms with E-state index in [1.165, 1.54) is 24.3 Å². The number of nitriles is 1. The Kier molecular flexibility index (Phi) is 4.79. The van der Waals surface area contributed by atoms with E-state index in [0.29, 0.717) is 11.4 Å². The van der Waals surface area contributed by atoms with Crippen LogP contribution in [-0.4, -0.2) is 9.91 Å². The highest BCUT2D eigenvalue weighted by Gasteiger charge is 2.06. The lowest BCUT2D eigenvalue weighted by molar-refractivity contribution is -0.384. The summed E-state index contributed by atoms with van der Waals surface area (Å²) in [5, 5.41) is 19.3. The van der Waals surface area contributed by atoms with Crippen molar-refractivity contribution in [2.24, 2.45) is 5.73 Å². The molecule has 0 aromatic heterocycles. The third-order valence-electron chi connectivity index (χ3n) is 2.21. The summed E-state index contributed by atoms with van der Waals surface area (Å²) in [5.74, 6) is 0. The zero-order valence-corrected chi connectivity index (χ0v) is 10.8. The maximum absolute atomic E-state index is 10.5. The molecule has 0 aliphatic carbocycles. The SMILES string of the molecule is C/C(NNc1ccc([N+](=O)[O-])cc1)=C(\C#N)C(N)=S. The van der Waals surface area contributed by atoms with Crippen molar-refractivity contribution in [3.05, 3.63) is 45.6 Å². The van der Waals surface area contributed by atoms with Crippen molar-refractivity contribution in [2.45, 2.75) is 6.92 Å². The average Bonchev–Trinajstić information content (AvgIpc) is 2.37. The van der Waals surface area contributed by atoms with Crippen molar-refractivity contribution in [1.82, 2.24) is 5.43 Å². The predicted octanol–water partition coefficient (Wildman–Crippen LogP) is 1.59. The number of nitro groups is 1. The van der Waals surface area contributed by atoms with Gasteiger partial charge in [0.15, 0.2) is 0 Å². The maximum Gasteiger partial charge on any atom is 0.269 e. The second-order valence-corrected chi connectivity index (χ2v) is 3.97. The number of hydrogen-bond acceptors (Lipinski definition) is 6. The quantitative estimate of drug-likeness (QED) is 0.246. The monoisotopic (exact) mass is 277 g/mol. The summed E-state index contributed by atoms with van der Waals surface area (Å²) in [5.41, 5.74) is 12.1. The topological polar surface area (TPSA) is 117 Å². The molecule has 0 aliphatic rings. The molecule has 19 heavy (non-hydrogen) atoms. The molecule has 0 spiro atoms. The van der Waals surface area contributed by atoms with Gasteiger partial charge in [-0.05, 0) is 19.1 Å². The van der Waals surface area contributed by atoms with Crippen LogP contribution in [-0.2, 0) is 0 Å². The highest BCUT2D eigenvalue weighted by molar-refractivity contribution is 7.80. The van der Waals surface area contributed by atoms with Crippen molar-refractivity contribution in [2.75, 3.05) is 5.43 Å². The fourth-order valence-electron chi connectivity index (χ4n) is 1.22. The minimum absolute atomic E-state index is 0.00124. The van der Waals surface area contributed by atoms with Gasteiger partial charge in [-0.15, -0.1) is 0 Å². The first-order valence-electron chi connectivity index (χ1n) is 5.13. The fourth-order valence-corrected chi connectivity index (χ4v) is 1.42. The lowest BCUT2D eigenvalue weighted by atomic mass is 10.2. The molecule has 98 valence electrons. The van der Waals surface area contributed by atoms with E-state index in [-0.39, 0.29) is 16.2 Å². The minimum Gasteiger partial charge on any atom is -0.389 e. The molecular weight excluding hydrogens is 266 g/mol. The fraction of sp³-hybridized carbons (Fsp3) is 0.0909. The van der Waals surface area contributed by atoms with Crippen LogP contribution in [0.2, 0.25) is 0 Å². The summed E-state index contributed by atoms with van der Waals surface area (Å²) in [6.07, 6.45) is 0. The zero-order valence-electron chi connectivity index (χ0n) is 10.0. The van der Waals surface area contributed by atoms with Crippen LogP contribution in [0.5, 0.6) is 0 Å². The Labute approximate surface area is 114 Å². The molecule has 7 nitrogen and oxygen atoms in total. The molecule has 8 heteroatoms. The van der Waals surface area contributed by atoms with Gasteiger partial charge in [-0.25, -0.2) is 0 Å². The van der Waals surface area contributed by atoms with E-state index in [0.717, 1.165) is 0 Å². The van der Waals surface area contributed by atoms with Crippen LogP contribution < -0.4 is 16.6 Å². The number of nitro benzene ring substituents is 1. The van der Waals surface area contributed by atoms with Crippen LogP contribution in [0.25, 0.3) is 0 Å². The number of hydrazine groups is 1. The van der Waals surface area contributed by atoms with Crippen LogP contribution in [0.15, 0.2) is 35.5 Å². The first kappa shape index (κ1) is 14.4. The van der Waals surface area contributed by atoms with Crippen LogP contribution in [0.4, 0.5) is 11.4 Å². The first-order chi connectivity index (χ1) is 8.95. The summed E-state index contributed by atoms with van der Waals surface area (Å²) >= 11 is 4.72. The van der Waals surface area contributed by atoms with Gasteiger partial charge >= 0.3 is 0 Å². The van der Waals surface area contributed by atoms with Crippen LogP contribution in [0.3, 0.4) is 0 Å².